The SMILES string of the molecule is CCNCCc1ccc(COc2cnn(CC)c2)cc1. The van der Waals surface area contributed by atoms with Crippen molar-refractivity contribution < 1.29 is 4.74 Å². The molecule has 20 heavy (non-hydrogen) atoms. The molecule has 0 spiro atoms. The third kappa shape index (κ3) is 4.38. The topological polar surface area (TPSA) is 39.1 Å². The molecule has 2 rings (SSSR count). The summed E-state index contributed by atoms with van der Waals surface area (Å²) in [6.07, 6.45) is 4.75. The van der Waals surface area contributed by atoms with Crippen molar-refractivity contribution in [2.24, 2.45) is 0 Å². The summed E-state index contributed by atoms with van der Waals surface area (Å²) in [4.78, 5) is 0. The Hall–Kier alpha value is -1.81. The van der Waals surface area contributed by atoms with Crippen LogP contribution >= 0.6 is 0 Å². The Balaban J connectivity index is 1.81. The van der Waals surface area contributed by atoms with Crippen molar-refractivity contribution in [2.75, 3.05) is 13.1 Å². The summed E-state index contributed by atoms with van der Waals surface area (Å²) in [7, 11) is 0. The average Bonchev–Trinajstić information content (AvgIpc) is 2.95. The molecule has 0 fully saturated rings. The largest absolute Gasteiger partial charge is 0.486 e. The average molecular weight is 273 g/mol. The van der Waals surface area contributed by atoms with E-state index in [9.17, 15) is 0 Å². The third-order valence-corrected chi connectivity index (χ3v) is 3.20. The minimum atomic E-state index is 0.586. The van der Waals surface area contributed by atoms with Crippen molar-refractivity contribution in [2.45, 2.75) is 33.4 Å². The van der Waals surface area contributed by atoms with Gasteiger partial charge in [-0.2, -0.15) is 5.10 Å². The molecule has 0 aliphatic carbocycles. The third-order valence-electron chi connectivity index (χ3n) is 3.20. The van der Waals surface area contributed by atoms with Gasteiger partial charge in [-0.15, -0.1) is 0 Å². The fourth-order valence-electron chi connectivity index (χ4n) is 1.97. The quantitative estimate of drug-likeness (QED) is 0.752. The second-order valence-corrected chi connectivity index (χ2v) is 4.74. The lowest BCUT2D eigenvalue weighted by Gasteiger charge is -2.06. The van der Waals surface area contributed by atoms with Crippen LogP contribution in [-0.4, -0.2) is 22.9 Å². The van der Waals surface area contributed by atoms with Crippen LogP contribution in [0, 0.1) is 0 Å². The first kappa shape index (κ1) is 14.6. The van der Waals surface area contributed by atoms with E-state index >= 15 is 0 Å². The van der Waals surface area contributed by atoms with Crippen molar-refractivity contribution in [3.63, 3.8) is 0 Å². The zero-order valence-electron chi connectivity index (χ0n) is 12.3. The number of hydrogen-bond acceptors (Lipinski definition) is 3. The molecule has 0 bridgehead atoms. The van der Waals surface area contributed by atoms with Crippen LogP contribution < -0.4 is 10.1 Å². The Kier molecular flexibility index (Phi) is 5.62. The maximum atomic E-state index is 5.72. The van der Waals surface area contributed by atoms with E-state index < -0.39 is 0 Å². The van der Waals surface area contributed by atoms with E-state index in [1.165, 1.54) is 11.1 Å². The van der Waals surface area contributed by atoms with Crippen LogP contribution in [0.25, 0.3) is 0 Å². The number of likely N-dealkylation sites (N-methyl/N-ethyl adjacent to an activating group) is 1. The molecule has 0 unspecified atom stereocenters. The summed E-state index contributed by atoms with van der Waals surface area (Å²) in [5.74, 6) is 0.822. The number of rotatable bonds is 8. The van der Waals surface area contributed by atoms with Gasteiger partial charge < -0.3 is 10.1 Å². The molecule has 0 saturated heterocycles. The predicted molar refractivity (Wildman–Crippen MR) is 80.9 cm³/mol. The molecule has 0 radical (unpaired) electrons. The van der Waals surface area contributed by atoms with Gasteiger partial charge >= 0.3 is 0 Å². The Morgan fingerprint density at radius 2 is 1.90 bits per heavy atom. The van der Waals surface area contributed by atoms with Crippen LogP contribution in [-0.2, 0) is 19.6 Å². The number of ether oxygens (including phenoxy) is 1. The second kappa shape index (κ2) is 7.70. The molecule has 0 atom stereocenters. The van der Waals surface area contributed by atoms with Gasteiger partial charge in [0.2, 0.25) is 0 Å². The standard InChI is InChI=1S/C16H23N3O/c1-3-17-10-9-14-5-7-15(8-6-14)13-20-16-11-18-19(4-2)12-16/h5-8,11-12,17H,3-4,9-10,13H2,1-2H3. The highest BCUT2D eigenvalue weighted by atomic mass is 16.5. The van der Waals surface area contributed by atoms with Crippen molar-refractivity contribution in [1.82, 2.24) is 15.1 Å². The summed E-state index contributed by atoms with van der Waals surface area (Å²) in [6.45, 7) is 7.69. The summed E-state index contributed by atoms with van der Waals surface area (Å²) in [5, 5.41) is 7.52. The van der Waals surface area contributed by atoms with Gasteiger partial charge in [0.05, 0.1) is 12.4 Å². The molecule has 108 valence electrons. The van der Waals surface area contributed by atoms with Gasteiger partial charge in [-0.3, -0.25) is 4.68 Å². The van der Waals surface area contributed by atoms with E-state index in [0.29, 0.717) is 6.61 Å². The number of hydrogen-bond donors (Lipinski definition) is 1. The maximum Gasteiger partial charge on any atom is 0.157 e. The zero-order chi connectivity index (χ0) is 14.2. The summed E-state index contributed by atoms with van der Waals surface area (Å²) in [5.41, 5.74) is 2.54. The molecule has 1 N–H and O–H groups in total. The van der Waals surface area contributed by atoms with Gasteiger partial charge in [-0.05, 0) is 37.6 Å². The van der Waals surface area contributed by atoms with Crippen molar-refractivity contribution in [3.8, 4) is 5.75 Å². The molecule has 1 aromatic heterocycles. The van der Waals surface area contributed by atoms with E-state index in [0.717, 1.165) is 31.8 Å². The van der Waals surface area contributed by atoms with Crippen LogP contribution in [0.5, 0.6) is 5.75 Å². The minimum Gasteiger partial charge on any atom is -0.486 e. The normalized spacial score (nSPS) is 10.7. The number of aryl methyl sites for hydroxylation is 1. The lowest BCUT2D eigenvalue weighted by Crippen LogP contribution is -2.15. The van der Waals surface area contributed by atoms with Crippen molar-refractivity contribution in [1.29, 1.82) is 0 Å². The Morgan fingerprint density at radius 3 is 2.55 bits per heavy atom. The molecule has 0 saturated carbocycles. The molecule has 0 aliphatic heterocycles. The molecule has 4 heteroatoms. The van der Waals surface area contributed by atoms with E-state index in [4.69, 9.17) is 4.74 Å². The van der Waals surface area contributed by atoms with Crippen LogP contribution in [0.2, 0.25) is 0 Å². The maximum absolute atomic E-state index is 5.72. The first-order chi connectivity index (χ1) is 9.81. The van der Waals surface area contributed by atoms with Gasteiger partial charge in [0.25, 0.3) is 0 Å². The van der Waals surface area contributed by atoms with E-state index in [1.54, 1.807) is 6.20 Å². The lowest BCUT2D eigenvalue weighted by atomic mass is 10.1. The highest BCUT2D eigenvalue weighted by molar-refractivity contribution is 5.23. The van der Waals surface area contributed by atoms with Crippen molar-refractivity contribution in [3.05, 3.63) is 47.8 Å². The monoisotopic (exact) mass is 273 g/mol. The Bertz CT molecular complexity index is 505. The number of aromatic nitrogens is 2. The molecular formula is C16H23N3O. The smallest absolute Gasteiger partial charge is 0.157 e. The fourth-order valence-corrected chi connectivity index (χ4v) is 1.97. The van der Waals surface area contributed by atoms with Gasteiger partial charge in [0.1, 0.15) is 6.61 Å². The zero-order valence-corrected chi connectivity index (χ0v) is 12.3. The summed E-state index contributed by atoms with van der Waals surface area (Å²) >= 11 is 0. The molecule has 0 amide bonds. The number of benzene rings is 1. The van der Waals surface area contributed by atoms with Crippen molar-refractivity contribution >= 4 is 0 Å². The minimum absolute atomic E-state index is 0.586. The molecule has 1 aromatic carbocycles. The van der Waals surface area contributed by atoms with E-state index in [2.05, 4.69) is 48.5 Å². The van der Waals surface area contributed by atoms with Crippen LogP contribution in [0.3, 0.4) is 0 Å². The molecule has 4 nitrogen and oxygen atoms in total. The molecule has 1 heterocycles. The lowest BCUT2D eigenvalue weighted by molar-refractivity contribution is 0.306. The Morgan fingerprint density at radius 1 is 1.15 bits per heavy atom. The number of nitrogens with one attached hydrogen (secondary N) is 1. The molecular weight excluding hydrogens is 250 g/mol. The van der Waals surface area contributed by atoms with E-state index in [-0.39, 0.29) is 0 Å². The highest BCUT2D eigenvalue weighted by Gasteiger charge is 2.00. The first-order valence-electron chi connectivity index (χ1n) is 7.25. The van der Waals surface area contributed by atoms with Gasteiger partial charge in [-0.1, -0.05) is 31.2 Å². The fraction of sp³-hybridized carbons (Fsp3) is 0.438. The summed E-state index contributed by atoms with van der Waals surface area (Å²) < 4.78 is 7.58. The van der Waals surface area contributed by atoms with Crippen LogP contribution in [0.15, 0.2) is 36.7 Å². The van der Waals surface area contributed by atoms with E-state index in [1.807, 2.05) is 10.9 Å². The van der Waals surface area contributed by atoms with Gasteiger partial charge in [0.15, 0.2) is 5.75 Å². The summed E-state index contributed by atoms with van der Waals surface area (Å²) in [6, 6.07) is 8.61. The highest BCUT2D eigenvalue weighted by Crippen LogP contribution is 2.12. The Labute approximate surface area is 120 Å². The van der Waals surface area contributed by atoms with Gasteiger partial charge in [0, 0.05) is 6.54 Å². The molecule has 0 aliphatic rings. The molecule has 2 aromatic rings. The number of nitrogens with zero attached hydrogens (tertiary/aromatic N) is 2. The van der Waals surface area contributed by atoms with Gasteiger partial charge in [-0.25, -0.2) is 0 Å². The second-order valence-electron chi connectivity index (χ2n) is 4.74. The van der Waals surface area contributed by atoms with Crippen LogP contribution in [0.1, 0.15) is 25.0 Å². The first-order valence-corrected chi connectivity index (χ1v) is 7.25. The van der Waals surface area contributed by atoms with Crippen LogP contribution in [0.4, 0.5) is 0 Å². The predicted octanol–water partition coefficient (Wildman–Crippen LogP) is 2.63.